The highest BCUT2D eigenvalue weighted by atomic mass is 16.5. The van der Waals surface area contributed by atoms with Gasteiger partial charge in [-0.05, 0) is 43.2 Å². The van der Waals surface area contributed by atoms with Crippen molar-refractivity contribution >= 4 is 11.0 Å². The maximum absolute atomic E-state index is 5.49. The molecule has 0 aliphatic heterocycles. The minimum Gasteiger partial charge on any atom is -0.493 e. The zero-order valence-corrected chi connectivity index (χ0v) is 15.7. The van der Waals surface area contributed by atoms with Gasteiger partial charge in [-0.25, -0.2) is 4.98 Å². The standard InChI is InChI=1S/C21H26N2O3/c1-4-26-13-7-12-23-18-9-6-5-8-17(18)22-21(23)15-16-10-11-19(24-2)20(14-16)25-3/h5-6,8-11,14H,4,7,12-13,15H2,1-3H3. The predicted molar refractivity (Wildman–Crippen MR) is 103 cm³/mol. The normalized spacial score (nSPS) is 11.0. The molecule has 0 radical (unpaired) electrons. The van der Waals surface area contributed by atoms with Crippen molar-refractivity contribution in [2.75, 3.05) is 27.4 Å². The smallest absolute Gasteiger partial charge is 0.161 e. The molecule has 5 nitrogen and oxygen atoms in total. The van der Waals surface area contributed by atoms with E-state index in [9.17, 15) is 0 Å². The predicted octanol–water partition coefficient (Wildman–Crippen LogP) is 4.07. The van der Waals surface area contributed by atoms with Crippen molar-refractivity contribution in [3.8, 4) is 11.5 Å². The molecule has 1 heterocycles. The monoisotopic (exact) mass is 354 g/mol. The number of aryl methyl sites for hydroxylation is 1. The van der Waals surface area contributed by atoms with Crippen molar-refractivity contribution in [2.24, 2.45) is 0 Å². The summed E-state index contributed by atoms with van der Waals surface area (Å²) in [6, 6.07) is 14.3. The maximum Gasteiger partial charge on any atom is 0.161 e. The molecule has 0 atom stereocenters. The highest BCUT2D eigenvalue weighted by Gasteiger charge is 2.12. The highest BCUT2D eigenvalue weighted by molar-refractivity contribution is 5.76. The van der Waals surface area contributed by atoms with Crippen LogP contribution in [-0.4, -0.2) is 37.0 Å². The van der Waals surface area contributed by atoms with Crippen LogP contribution in [0.1, 0.15) is 24.7 Å². The van der Waals surface area contributed by atoms with Gasteiger partial charge in [0.2, 0.25) is 0 Å². The molecule has 0 saturated carbocycles. The average Bonchev–Trinajstić information content (AvgIpc) is 3.02. The van der Waals surface area contributed by atoms with Gasteiger partial charge in [0.25, 0.3) is 0 Å². The first-order chi connectivity index (χ1) is 12.8. The Morgan fingerprint density at radius 2 is 1.81 bits per heavy atom. The molecule has 2 aromatic carbocycles. The number of hydrogen-bond donors (Lipinski definition) is 0. The number of benzene rings is 2. The van der Waals surface area contributed by atoms with Crippen molar-refractivity contribution in [3.63, 3.8) is 0 Å². The second-order valence-electron chi connectivity index (χ2n) is 6.08. The molecule has 5 heteroatoms. The van der Waals surface area contributed by atoms with Gasteiger partial charge in [0.1, 0.15) is 5.82 Å². The van der Waals surface area contributed by atoms with Gasteiger partial charge in [0.15, 0.2) is 11.5 Å². The van der Waals surface area contributed by atoms with Crippen LogP contribution < -0.4 is 9.47 Å². The fourth-order valence-electron chi connectivity index (χ4n) is 3.15. The molecule has 0 bridgehead atoms. The van der Waals surface area contributed by atoms with E-state index < -0.39 is 0 Å². The van der Waals surface area contributed by atoms with Crippen molar-refractivity contribution in [1.29, 1.82) is 0 Å². The quantitative estimate of drug-likeness (QED) is 0.543. The number of rotatable bonds is 9. The van der Waals surface area contributed by atoms with Crippen LogP contribution in [0, 0.1) is 0 Å². The summed E-state index contributed by atoms with van der Waals surface area (Å²) in [7, 11) is 3.31. The van der Waals surface area contributed by atoms with Crippen molar-refractivity contribution in [2.45, 2.75) is 26.3 Å². The molecule has 3 aromatic rings. The summed E-state index contributed by atoms with van der Waals surface area (Å²) in [5.74, 6) is 2.53. The van der Waals surface area contributed by atoms with Gasteiger partial charge >= 0.3 is 0 Å². The van der Waals surface area contributed by atoms with Gasteiger partial charge in [-0.15, -0.1) is 0 Å². The highest BCUT2D eigenvalue weighted by Crippen LogP contribution is 2.29. The first-order valence-electron chi connectivity index (χ1n) is 8.99. The van der Waals surface area contributed by atoms with Crippen LogP contribution in [0.3, 0.4) is 0 Å². The number of ether oxygens (including phenoxy) is 3. The van der Waals surface area contributed by atoms with E-state index in [2.05, 4.69) is 28.8 Å². The Labute approximate surface area is 154 Å². The van der Waals surface area contributed by atoms with Gasteiger partial charge in [-0.1, -0.05) is 18.2 Å². The largest absolute Gasteiger partial charge is 0.493 e. The Balaban J connectivity index is 1.89. The van der Waals surface area contributed by atoms with E-state index in [-0.39, 0.29) is 0 Å². The molecule has 0 saturated heterocycles. The molecule has 0 aliphatic carbocycles. The maximum atomic E-state index is 5.49. The lowest BCUT2D eigenvalue weighted by atomic mass is 10.1. The van der Waals surface area contributed by atoms with Crippen molar-refractivity contribution in [3.05, 3.63) is 53.9 Å². The van der Waals surface area contributed by atoms with Crippen LogP contribution >= 0.6 is 0 Å². The second kappa shape index (κ2) is 8.72. The first-order valence-corrected chi connectivity index (χ1v) is 8.99. The molecule has 0 fully saturated rings. The molecule has 138 valence electrons. The van der Waals surface area contributed by atoms with Crippen LogP contribution in [-0.2, 0) is 17.7 Å². The molecule has 0 aliphatic rings. The molecule has 3 rings (SSSR count). The molecule has 26 heavy (non-hydrogen) atoms. The van der Waals surface area contributed by atoms with Crippen LogP contribution in [0.25, 0.3) is 11.0 Å². The van der Waals surface area contributed by atoms with Gasteiger partial charge in [-0.3, -0.25) is 0 Å². The van der Waals surface area contributed by atoms with E-state index in [1.54, 1.807) is 14.2 Å². The van der Waals surface area contributed by atoms with Crippen molar-refractivity contribution in [1.82, 2.24) is 9.55 Å². The summed E-state index contributed by atoms with van der Waals surface area (Å²) in [6.45, 7) is 4.43. The fraction of sp³-hybridized carbons (Fsp3) is 0.381. The lowest BCUT2D eigenvalue weighted by Gasteiger charge is -2.12. The summed E-state index contributed by atoms with van der Waals surface area (Å²) >= 11 is 0. The van der Waals surface area contributed by atoms with Gasteiger partial charge in [-0.2, -0.15) is 0 Å². The third-order valence-corrected chi connectivity index (χ3v) is 4.42. The Morgan fingerprint density at radius 1 is 1.00 bits per heavy atom. The van der Waals surface area contributed by atoms with E-state index in [4.69, 9.17) is 19.2 Å². The fourth-order valence-corrected chi connectivity index (χ4v) is 3.15. The van der Waals surface area contributed by atoms with Crippen LogP contribution in [0.5, 0.6) is 11.5 Å². The number of aromatic nitrogens is 2. The Hall–Kier alpha value is -2.53. The molecular formula is C21H26N2O3. The third kappa shape index (κ3) is 3.99. The number of methoxy groups -OCH3 is 2. The minimum absolute atomic E-state index is 0.737. The summed E-state index contributed by atoms with van der Waals surface area (Å²) in [4.78, 5) is 4.86. The number of fused-ring (bicyclic) bond motifs is 1. The molecule has 1 aromatic heterocycles. The molecule has 0 spiro atoms. The van der Waals surface area contributed by atoms with E-state index in [0.717, 1.165) is 61.0 Å². The lowest BCUT2D eigenvalue weighted by Crippen LogP contribution is -2.07. The third-order valence-electron chi connectivity index (χ3n) is 4.42. The molecule has 0 unspecified atom stereocenters. The number of nitrogens with zero attached hydrogens (tertiary/aromatic N) is 2. The lowest BCUT2D eigenvalue weighted by molar-refractivity contribution is 0.141. The minimum atomic E-state index is 0.737. The number of imidazole rings is 1. The summed E-state index contributed by atoms with van der Waals surface area (Å²) < 4.78 is 18.5. The zero-order valence-electron chi connectivity index (χ0n) is 15.7. The Bertz CT molecular complexity index is 858. The van der Waals surface area contributed by atoms with Gasteiger partial charge in [0.05, 0.1) is 25.3 Å². The number of hydrogen-bond acceptors (Lipinski definition) is 4. The molecule has 0 N–H and O–H groups in total. The summed E-state index contributed by atoms with van der Waals surface area (Å²) in [6.07, 6.45) is 1.71. The van der Waals surface area contributed by atoms with Crippen LogP contribution in [0.4, 0.5) is 0 Å². The van der Waals surface area contributed by atoms with E-state index in [0.29, 0.717) is 0 Å². The molecule has 0 amide bonds. The van der Waals surface area contributed by atoms with E-state index in [1.807, 2.05) is 25.1 Å². The summed E-state index contributed by atoms with van der Waals surface area (Å²) in [5, 5.41) is 0. The SMILES string of the molecule is CCOCCCn1c(Cc2ccc(OC)c(OC)c2)nc2ccccc21. The van der Waals surface area contributed by atoms with Crippen LogP contribution in [0.15, 0.2) is 42.5 Å². The van der Waals surface area contributed by atoms with E-state index in [1.165, 1.54) is 5.52 Å². The first kappa shape index (κ1) is 18.3. The Kier molecular flexibility index (Phi) is 6.12. The Morgan fingerprint density at radius 3 is 2.58 bits per heavy atom. The average molecular weight is 354 g/mol. The summed E-state index contributed by atoms with van der Waals surface area (Å²) in [5.41, 5.74) is 3.34. The second-order valence-corrected chi connectivity index (χ2v) is 6.08. The number of para-hydroxylation sites is 2. The molecular weight excluding hydrogens is 328 g/mol. The zero-order chi connectivity index (χ0) is 18.4. The van der Waals surface area contributed by atoms with Gasteiger partial charge < -0.3 is 18.8 Å². The topological polar surface area (TPSA) is 45.5 Å². The van der Waals surface area contributed by atoms with Gasteiger partial charge in [0, 0.05) is 26.2 Å². The van der Waals surface area contributed by atoms with Crippen molar-refractivity contribution < 1.29 is 14.2 Å². The van der Waals surface area contributed by atoms with Crippen LogP contribution in [0.2, 0.25) is 0 Å². The van der Waals surface area contributed by atoms with E-state index >= 15 is 0 Å².